The van der Waals surface area contributed by atoms with E-state index in [0.717, 1.165) is 17.7 Å². The highest BCUT2D eigenvalue weighted by molar-refractivity contribution is 5.24. The molecule has 0 saturated heterocycles. The number of hydrogen-bond donors (Lipinski definition) is 1. The fourth-order valence-corrected chi connectivity index (χ4v) is 1.47. The molecule has 0 aliphatic heterocycles. The SMILES string of the molecule is COCC(O)CCc1ccc(C(F)(F)F)cc1. The Morgan fingerprint density at radius 3 is 2.29 bits per heavy atom. The lowest BCUT2D eigenvalue weighted by Crippen LogP contribution is -2.14. The van der Waals surface area contributed by atoms with Crippen LogP contribution in [0.25, 0.3) is 0 Å². The van der Waals surface area contributed by atoms with Crippen molar-refractivity contribution in [3.8, 4) is 0 Å². The van der Waals surface area contributed by atoms with E-state index in [4.69, 9.17) is 4.74 Å². The molecule has 0 aromatic heterocycles. The van der Waals surface area contributed by atoms with Gasteiger partial charge < -0.3 is 9.84 Å². The Hall–Kier alpha value is -1.07. The van der Waals surface area contributed by atoms with Crippen LogP contribution in [0.2, 0.25) is 0 Å². The van der Waals surface area contributed by atoms with Crippen molar-refractivity contribution in [1.82, 2.24) is 0 Å². The summed E-state index contributed by atoms with van der Waals surface area (Å²) in [7, 11) is 1.49. The van der Waals surface area contributed by atoms with Crippen LogP contribution in [0.3, 0.4) is 0 Å². The quantitative estimate of drug-likeness (QED) is 0.868. The summed E-state index contributed by atoms with van der Waals surface area (Å²) in [6, 6.07) is 4.97. The van der Waals surface area contributed by atoms with Crippen LogP contribution in [0.15, 0.2) is 24.3 Å². The number of benzene rings is 1. The summed E-state index contributed by atoms with van der Waals surface area (Å²) in [5.41, 5.74) is 0.117. The van der Waals surface area contributed by atoms with Gasteiger partial charge in [-0.2, -0.15) is 13.2 Å². The lowest BCUT2D eigenvalue weighted by Gasteiger charge is -2.10. The van der Waals surface area contributed by atoms with Crippen LogP contribution < -0.4 is 0 Å². The first kappa shape index (κ1) is 14.0. The molecule has 0 aliphatic rings. The minimum absolute atomic E-state index is 0.237. The molecule has 0 radical (unpaired) electrons. The second kappa shape index (κ2) is 6.02. The Balaban J connectivity index is 2.51. The third kappa shape index (κ3) is 4.75. The number of halogens is 3. The van der Waals surface area contributed by atoms with E-state index < -0.39 is 17.8 Å². The number of hydrogen-bond acceptors (Lipinski definition) is 2. The number of rotatable bonds is 5. The summed E-state index contributed by atoms with van der Waals surface area (Å²) in [6.45, 7) is 0.237. The summed E-state index contributed by atoms with van der Waals surface area (Å²) in [6.07, 6.45) is -3.88. The van der Waals surface area contributed by atoms with Crippen molar-refractivity contribution in [3.05, 3.63) is 35.4 Å². The minimum Gasteiger partial charge on any atom is -0.391 e. The first-order valence-electron chi connectivity index (χ1n) is 5.26. The molecule has 0 bridgehead atoms. The van der Waals surface area contributed by atoms with Gasteiger partial charge in [0.05, 0.1) is 18.3 Å². The van der Waals surface area contributed by atoms with Gasteiger partial charge in [-0.25, -0.2) is 0 Å². The van der Waals surface area contributed by atoms with Crippen LogP contribution in [0.1, 0.15) is 17.5 Å². The lowest BCUT2D eigenvalue weighted by atomic mass is 10.1. The van der Waals surface area contributed by atoms with Crippen LogP contribution in [0.4, 0.5) is 13.2 Å². The number of methoxy groups -OCH3 is 1. The molecule has 2 nitrogen and oxygen atoms in total. The zero-order valence-corrected chi connectivity index (χ0v) is 9.50. The fourth-order valence-electron chi connectivity index (χ4n) is 1.47. The summed E-state index contributed by atoms with van der Waals surface area (Å²) < 4.78 is 41.6. The molecule has 1 N–H and O–H groups in total. The van der Waals surface area contributed by atoms with Gasteiger partial charge >= 0.3 is 6.18 Å². The van der Waals surface area contributed by atoms with Gasteiger partial charge in [0.15, 0.2) is 0 Å². The molecule has 5 heteroatoms. The molecule has 1 aromatic rings. The molecule has 1 rings (SSSR count). The van der Waals surface area contributed by atoms with Crippen molar-refractivity contribution >= 4 is 0 Å². The third-order valence-corrected chi connectivity index (χ3v) is 2.41. The predicted octanol–water partition coefficient (Wildman–Crippen LogP) is 2.65. The lowest BCUT2D eigenvalue weighted by molar-refractivity contribution is -0.137. The summed E-state index contributed by atoms with van der Waals surface area (Å²) >= 11 is 0. The van der Waals surface area contributed by atoms with Gasteiger partial charge in [-0.05, 0) is 30.5 Å². The second-order valence-electron chi connectivity index (χ2n) is 3.84. The third-order valence-electron chi connectivity index (χ3n) is 2.41. The Morgan fingerprint density at radius 2 is 1.82 bits per heavy atom. The maximum absolute atomic E-state index is 12.3. The molecule has 1 atom stereocenters. The minimum atomic E-state index is -4.30. The number of aliphatic hydroxyl groups excluding tert-OH is 1. The molecule has 0 saturated carbocycles. The van der Waals surface area contributed by atoms with Crippen LogP contribution in [-0.2, 0) is 17.3 Å². The molecule has 1 aromatic carbocycles. The van der Waals surface area contributed by atoms with E-state index in [0.29, 0.717) is 12.8 Å². The van der Waals surface area contributed by atoms with E-state index in [1.54, 1.807) is 0 Å². The molecule has 0 aliphatic carbocycles. The topological polar surface area (TPSA) is 29.5 Å². The molecule has 0 heterocycles. The maximum atomic E-state index is 12.3. The standard InChI is InChI=1S/C12H15F3O2/c1-17-8-11(16)7-4-9-2-5-10(6-3-9)12(13,14)15/h2-3,5-6,11,16H,4,7-8H2,1H3. The zero-order chi connectivity index (χ0) is 12.9. The van der Waals surface area contributed by atoms with Crippen molar-refractivity contribution in [2.75, 3.05) is 13.7 Å². The van der Waals surface area contributed by atoms with Crippen molar-refractivity contribution in [3.63, 3.8) is 0 Å². The predicted molar refractivity (Wildman–Crippen MR) is 57.6 cm³/mol. The second-order valence-corrected chi connectivity index (χ2v) is 3.84. The van der Waals surface area contributed by atoms with Crippen LogP contribution >= 0.6 is 0 Å². The molecule has 96 valence electrons. The number of alkyl halides is 3. The van der Waals surface area contributed by atoms with E-state index >= 15 is 0 Å². The first-order valence-corrected chi connectivity index (χ1v) is 5.26. The highest BCUT2D eigenvalue weighted by atomic mass is 19.4. The Bertz CT molecular complexity index is 333. The van der Waals surface area contributed by atoms with E-state index in [2.05, 4.69) is 0 Å². The van der Waals surface area contributed by atoms with Gasteiger partial charge in [-0.1, -0.05) is 12.1 Å². The molecular weight excluding hydrogens is 233 g/mol. The summed E-state index contributed by atoms with van der Waals surface area (Å²) in [5, 5.41) is 9.39. The summed E-state index contributed by atoms with van der Waals surface area (Å²) in [5.74, 6) is 0. The smallest absolute Gasteiger partial charge is 0.391 e. The van der Waals surface area contributed by atoms with Crippen molar-refractivity contribution in [2.45, 2.75) is 25.1 Å². The van der Waals surface area contributed by atoms with Crippen LogP contribution in [-0.4, -0.2) is 24.9 Å². The average molecular weight is 248 g/mol. The van der Waals surface area contributed by atoms with Crippen molar-refractivity contribution < 1.29 is 23.0 Å². The van der Waals surface area contributed by atoms with Gasteiger partial charge in [0, 0.05) is 7.11 Å². The Morgan fingerprint density at radius 1 is 1.24 bits per heavy atom. The highest BCUT2D eigenvalue weighted by Gasteiger charge is 2.29. The fraction of sp³-hybridized carbons (Fsp3) is 0.500. The monoisotopic (exact) mass is 248 g/mol. The molecular formula is C12H15F3O2. The normalized spacial score (nSPS) is 13.7. The van der Waals surface area contributed by atoms with Gasteiger partial charge in [-0.15, -0.1) is 0 Å². The number of aryl methyl sites for hydroxylation is 1. The first-order chi connectivity index (χ1) is 7.93. The Labute approximate surface area is 98.0 Å². The van der Waals surface area contributed by atoms with Gasteiger partial charge in [-0.3, -0.25) is 0 Å². The number of ether oxygens (including phenoxy) is 1. The maximum Gasteiger partial charge on any atom is 0.416 e. The van der Waals surface area contributed by atoms with Gasteiger partial charge in [0.2, 0.25) is 0 Å². The van der Waals surface area contributed by atoms with Gasteiger partial charge in [0.1, 0.15) is 0 Å². The van der Waals surface area contributed by atoms with Crippen molar-refractivity contribution in [1.29, 1.82) is 0 Å². The summed E-state index contributed by atoms with van der Waals surface area (Å²) in [4.78, 5) is 0. The Kier molecular flexibility index (Phi) is 4.96. The van der Waals surface area contributed by atoms with E-state index in [1.807, 2.05) is 0 Å². The average Bonchev–Trinajstić information content (AvgIpc) is 2.26. The number of aliphatic hydroxyl groups is 1. The molecule has 0 spiro atoms. The van der Waals surface area contributed by atoms with Crippen LogP contribution in [0.5, 0.6) is 0 Å². The molecule has 0 fully saturated rings. The molecule has 1 unspecified atom stereocenters. The van der Waals surface area contributed by atoms with E-state index in [1.165, 1.54) is 19.2 Å². The van der Waals surface area contributed by atoms with Gasteiger partial charge in [0.25, 0.3) is 0 Å². The zero-order valence-electron chi connectivity index (χ0n) is 9.50. The highest BCUT2D eigenvalue weighted by Crippen LogP contribution is 2.29. The van der Waals surface area contributed by atoms with Crippen molar-refractivity contribution in [2.24, 2.45) is 0 Å². The van der Waals surface area contributed by atoms with E-state index in [9.17, 15) is 18.3 Å². The van der Waals surface area contributed by atoms with E-state index in [-0.39, 0.29) is 6.61 Å². The largest absolute Gasteiger partial charge is 0.416 e. The molecule has 17 heavy (non-hydrogen) atoms. The van der Waals surface area contributed by atoms with Crippen LogP contribution in [0, 0.1) is 0 Å². The molecule has 0 amide bonds.